The lowest BCUT2D eigenvalue weighted by Crippen LogP contribution is -2.47. The van der Waals surface area contributed by atoms with Crippen LogP contribution in [0, 0.1) is 0 Å². The fraction of sp³-hybridized carbons (Fsp3) is 0.267. The number of nitrogens with zero attached hydrogens (tertiary/aromatic N) is 5. The molecule has 2 aromatic heterocycles. The Morgan fingerprint density at radius 3 is 2.50 bits per heavy atom. The van der Waals surface area contributed by atoms with Crippen molar-refractivity contribution in [2.75, 3.05) is 7.05 Å². The number of aromatic nitrogens is 3. The molecule has 1 aliphatic rings. The third kappa shape index (κ3) is 2.41. The minimum Gasteiger partial charge on any atom is -0.369 e. The van der Waals surface area contributed by atoms with Gasteiger partial charge in [-0.2, -0.15) is 0 Å². The summed E-state index contributed by atoms with van der Waals surface area (Å²) in [6.07, 6.45) is 8.60. The van der Waals surface area contributed by atoms with E-state index in [4.69, 9.17) is 5.73 Å². The molecule has 0 saturated carbocycles. The number of pyridine rings is 1. The third-order valence-corrected chi connectivity index (χ3v) is 3.83. The lowest BCUT2D eigenvalue weighted by Gasteiger charge is -2.33. The first-order valence-corrected chi connectivity index (χ1v) is 6.82. The van der Waals surface area contributed by atoms with E-state index < -0.39 is 5.54 Å². The van der Waals surface area contributed by atoms with Gasteiger partial charge in [-0.15, -0.1) is 0 Å². The molecule has 0 spiro atoms. The van der Waals surface area contributed by atoms with E-state index in [1.807, 2.05) is 13.0 Å². The number of hydrogen-bond donors (Lipinski definition) is 1. The third-order valence-electron chi connectivity index (χ3n) is 3.83. The molecule has 22 heavy (non-hydrogen) atoms. The normalized spacial score (nSPS) is 21.6. The van der Waals surface area contributed by atoms with Crippen molar-refractivity contribution in [2.24, 2.45) is 10.7 Å². The van der Waals surface area contributed by atoms with Crippen molar-refractivity contribution in [1.82, 2.24) is 19.9 Å². The maximum absolute atomic E-state index is 12.1. The summed E-state index contributed by atoms with van der Waals surface area (Å²) in [7, 11) is 1.62. The first kappa shape index (κ1) is 14.1. The number of hydrogen-bond acceptors (Lipinski definition) is 6. The van der Waals surface area contributed by atoms with Crippen LogP contribution in [0.25, 0.3) is 11.1 Å². The van der Waals surface area contributed by atoms with Crippen LogP contribution in [-0.2, 0) is 10.3 Å². The predicted octanol–water partition coefficient (Wildman–Crippen LogP) is 0.931. The second-order valence-corrected chi connectivity index (χ2v) is 5.46. The SMILES string of the molecule is CN1C(=O)C[C@@](C)(c2cncc(-c3cncnc3)c2)N=C1N. The summed E-state index contributed by atoms with van der Waals surface area (Å²) in [6.45, 7) is 1.88. The number of aliphatic imine (C=N–C) groups is 1. The quantitative estimate of drug-likeness (QED) is 0.889. The summed E-state index contributed by atoms with van der Waals surface area (Å²) in [5.41, 5.74) is 7.69. The van der Waals surface area contributed by atoms with E-state index in [2.05, 4.69) is 19.9 Å². The Balaban J connectivity index is 2.04. The van der Waals surface area contributed by atoms with Crippen LogP contribution in [0.2, 0.25) is 0 Å². The van der Waals surface area contributed by atoms with E-state index in [0.717, 1.165) is 16.7 Å². The topological polar surface area (TPSA) is 97.4 Å². The summed E-state index contributed by atoms with van der Waals surface area (Å²) < 4.78 is 0. The van der Waals surface area contributed by atoms with Crippen LogP contribution < -0.4 is 5.73 Å². The molecule has 7 nitrogen and oxygen atoms in total. The highest BCUT2D eigenvalue weighted by Gasteiger charge is 2.36. The Labute approximate surface area is 127 Å². The van der Waals surface area contributed by atoms with Gasteiger partial charge in [0.15, 0.2) is 5.96 Å². The van der Waals surface area contributed by atoms with Crippen LogP contribution in [0.4, 0.5) is 0 Å². The van der Waals surface area contributed by atoms with Gasteiger partial charge in [-0.1, -0.05) is 0 Å². The van der Waals surface area contributed by atoms with Crippen molar-refractivity contribution in [2.45, 2.75) is 18.9 Å². The van der Waals surface area contributed by atoms with Gasteiger partial charge in [-0.05, 0) is 18.6 Å². The summed E-state index contributed by atoms with van der Waals surface area (Å²) >= 11 is 0. The molecule has 3 rings (SSSR count). The molecule has 3 heterocycles. The zero-order valence-corrected chi connectivity index (χ0v) is 12.4. The number of carbonyl (C=O) groups is 1. The zero-order chi connectivity index (χ0) is 15.7. The Bertz CT molecular complexity index is 745. The van der Waals surface area contributed by atoms with Crippen molar-refractivity contribution in [3.8, 4) is 11.1 Å². The number of nitrogens with two attached hydrogens (primary N) is 1. The van der Waals surface area contributed by atoms with Crippen LogP contribution in [0.1, 0.15) is 18.9 Å². The van der Waals surface area contributed by atoms with Crippen molar-refractivity contribution in [3.63, 3.8) is 0 Å². The Morgan fingerprint density at radius 1 is 1.14 bits per heavy atom. The van der Waals surface area contributed by atoms with Gasteiger partial charge in [0, 0.05) is 43.0 Å². The number of carbonyl (C=O) groups excluding carboxylic acids is 1. The monoisotopic (exact) mass is 296 g/mol. The highest BCUT2D eigenvalue weighted by Crippen LogP contribution is 2.34. The van der Waals surface area contributed by atoms with Crippen LogP contribution in [0.5, 0.6) is 0 Å². The second kappa shape index (κ2) is 5.18. The molecule has 7 heteroatoms. The van der Waals surface area contributed by atoms with E-state index in [1.165, 1.54) is 11.2 Å². The van der Waals surface area contributed by atoms with Gasteiger partial charge >= 0.3 is 0 Å². The minimum atomic E-state index is -0.716. The molecule has 2 N–H and O–H groups in total. The molecular formula is C15H16N6O. The Kier molecular flexibility index (Phi) is 3.32. The minimum absolute atomic E-state index is 0.0663. The van der Waals surface area contributed by atoms with Crippen molar-refractivity contribution in [3.05, 3.63) is 42.7 Å². The summed E-state index contributed by atoms with van der Waals surface area (Å²) in [5, 5.41) is 0. The molecule has 1 amide bonds. The predicted molar refractivity (Wildman–Crippen MR) is 81.6 cm³/mol. The van der Waals surface area contributed by atoms with E-state index >= 15 is 0 Å². The molecular weight excluding hydrogens is 280 g/mol. The van der Waals surface area contributed by atoms with E-state index in [1.54, 1.807) is 31.8 Å². The van der Waals surface area contributed by atoms with Crippen LogP contribution in [0.3, 0.4) is 0 Å². The van der Waals surface area contributed by atoms with Crippen LogP contribution in [0.15, 0.2) is 42.2 Å². The number of guanidine groups is 1. The fourth-order valence-corrected chi connectivity index (χ4v) is 2.42. The highest BCUT2D eigenvalue weighted by molar-refractivity contribution is 5.98. The highest BCUT2D eigenvalue weighted by atomic mass is 16.2. The van der Waals surface area contributed by atoms with Crippen molar-refractivity contribution >= 4 is 11.9 Å². The molecule has 0 saturated heterocycles. The first-order chi connectivity index (χ1) is 10.5. The molecule has 1 aliphatic heterocycles. The van der Waals surface area contributed by atoms with Crippen LogP contribution >= 0.6 is 0 Å². The maximum atomic E-state index is 12.1. The summed E-state index contributed by atoms with van der Waals surface area (Å²) in [6, 6.07) is 1.95. The van der Waals surface area contributed by atoms with Gasteiger partial charge in [0.1, 0.15) is 6.33 Å². The maximum Gasteiger partial charge on any atom is 0.231 e. The Hall–Kier alpha value is -2.83. The van der Waals surface area contributed by atoms with Crippen molar-refractivity contribution < 1.29 is 4.79 Å². The molecule has 0 fully saturated rings. The molecule has 0 radical (unpaired) electrons. The van der Waals surface area contributed by atoms with Gasteiger partial charge in [0.05, 0.1) is 12.0 Å². The largest absolute Gasteiger partial charge is 0.369 e. The molecule has 0 unspecified atom stereocenters. The van der Waals surface area contributed by atoms with Crippen LogP contribution in [-0.4, -0.2) is 38.8 Å². The first-order valence-electron chi connectivity index (χ1n) is 6.82. The van der Waals surface area contributed by atoms with Gasteiger partial charge < -0.3 is 5.73 Å². The van der Waals surface area contributed by atoms with Gasteiger partial charge in [-0.3, -0.25) is 14.7 Å². The average Bonchev–Trinajstić information content (AvgIpc) is 2.53. The average molecular weight is 296 g/mol. The van der Waals surface area contributed by atoms with E-state index in [9.17, 15) is 4.79 Å². The van der Waals surface area contributed by atoms with Crippen molar-refractivity contribution in [1.29, 1.82) is 0 Å². The molecule has 0 bridgehead atoms. The molecule has 2 aromatic rings. The standard InChI is InChI=1S/C15H16N6O/c1-15(4-13(22)21(2)14(16)20-15)12-3-10(5-17-8-12)11-6-18-9-19-7-11/h3,5-9H,4H2,1-2H3,(H2,16,20)/t15-/m0/s1. The molecule has 1 atom stereocenters. The van der Waals surface area contributed by atoms with E-state index in [-0.39, 0.29) is 18.3 Å². The second-order valence-electron chi connectivity index (χ2n) is 5.46. The molecule has 0 aromatic carbocycles. The number of amides is 1. The fourth-order valence-electron chi connectivity index (χ4n) is 2.42. The summed E-state index contributed by atoms with van der Waals surface area (Å²) in [4.78, 5) is 30.2. The smallest absolute Gasteiger partial charge is 0.231 e. The Morgan fingerprint density at radius 2 is 1.82 bits per heavy atom. The lowest BCUT2D eigenvalue weighted by molar-refractivity contribution is -0.128. The lowest BCUT2D eigenvalue weighted by atomic mass is 9.87. The van der Waals surface area contributed by atoms with Gasteiger partial charge in [0.25, 0.3) is 0 Å². The number of rotatable bonds is 2. The van der Waals surface area contributed by atoms with E-state index in [0.29, 0.717) is 0 Å². The van der Waals surface area contributed by atoms with Gasteiger partial charge in [-0.25, -0.2) is 15.0 Å². The van der Waals surface area contributed by atoms with Gasteiger partial charge in [0.2, 0.25) is 5.91 Å². The zero-order valence-electron chi connectivity index (χ0n) is 12.4. The summed E-state index contributed by atoms with van der Waals surface area (Å²) in [5.74, 6) is 0.149. The molecule has 0 aliphatic carbocycles. The molecule has 112 valence electrons.